The van der Waals surface area contributed by atoms with Gasteiger partial charge in [0.05, 0.1) is 10.6 Å². The number of imidazole rings is 1. The first kappa shape index (κ1) is 16.1. The first-order valence-corrected chi connectivity index (χ1v) is 7.60. The quantitative estimate of drug-likeness (QED) is 0.646. The average Bonchev–Trinajstić information content (AvgIpc) is 2.83. The number of carboxylic acids is 1. The van der Waals surface area contributed by atoms with Crippen LogP contribution >= 0.6 is 0 Å². The molecule has 3 rings (SSSR count). The third kappa shape index (κ3) is 2.88. The first-order chi connectivity index (χ1) is 11.4. The van der Waals surface area contributed by atoms with Gasteiger partial charge in [-0.05, 0) is 18.6 Å². The van der Waals surface area contributed by atoms with Crippen molar-refractivity contribution in [3.8, 4) is 0 Å². The second kappa shape index (κ2) is 6.04. The van der Waals surface area contributed by atoms with E-state index in [4.69, 9.17) is 5.11 Å². The van der Waals surface area contributed by atoms with Crippen molar-refractivity contribution in [2.24, 2.45) is 7.05 Å². The molecule has 2 N–H and O–H groups in total. The molecular formula is C16H18N4O4. The van der Waals surface area contributed by atoms with Gasteiger partial charge in [-0.15, -0.1) is 0 Å². The van der Waals surface area contributed by atoms with Crippen LogP contribution < -0.4 is 5.32 Å². The van der Waals surface area contributed by atoms with E-state index < -0.39 is 16.9 Å². The van der Waals surface area contributed by atoms with E-state index >= 15 is 0 Å². The van der Waals surface area contributed by atoms with Gasteiger partial charge in [-0.1, -0.05) is 6.07 Å². The fourth-order valence-corrected chi connectivity index (χ4v) is 3.07. The molecule has 1 aliphatic rings. The Kier molecular flexibility index (Phi) is 4.06. The summed E-state index contributed by atoms with van der Waals surface area (Å²) in [4.78, 5) is 26.3. The Bertz CT molecular complexity index is 828. The summed E-state index contributed by atoms with van der Waals surface area (Å²) in [5.74, 6) is -0.0458. The Morgan fingerprint density at radius 3 is 2.92 bits per heavy atom. The van der Waals surface area contributed by atoms with Gasteiger partial charge in [-0.2, -0.15) is 0 Å². The van der Waals surface area contributed by atoms with Crippen LogP contribution in [0, 0.1) is 17.0 Å². The molecule has 8 heteroatoms. The van der Waals surface area contributed by atoms with Crippen molar-refractivity contribution in [1.82, 2.24) is 14.9 Å². The van der Waals surface area contributed by atoms with E-state index in [1.807, 2.05) is 11.6 Å². The van der Waals surface area contributed by atoms with Crippen LogP contribution in [0.4, 0.5) is 5.69 Å². The predicted molar refractivity (Wildman–Crippen MR) is 85.8 cm³/mol. The van der Waals surface area contributed by atoms with Crippen LogP contribution in [0.2, 0.25) is 0 Å². The van der Waals surface area contributed by atoms with Crippen molar-refractivity contribution >= 4 is 11.7 Å². The van der Waals surface area contributed by atoms with Gasteiger partial charge in [0, 0.05) is 43.8 Å². The molecule has 0 aliphatic carbocycles. The Labute approximate surface area is 138 Å². The molecule has 1 unspecified atom stereocenters. The second-order valence-corrected chi connectivity index (χ2v) is 6.01. The number of fused-ring (bicyclic) bond motifs is 1. The molecule has 0 fully saturated rings. The van der Waals surface area contributed by atoms with Crippen molar-refractivity contribution in [1.29, 1.82) is 0 Å². The highest BCUT2D eigenvalue weighted by Crippen LogP contribution is 2.23. The summed E-state index contributed by atoms with van der Waals surface area (Å²) in [6.07, 6.45) is 0.938. The minimum Gasteiger partial charge on any atom is -0.480 e. The Morgan fingerprint density at radius 2 is 2.29 bits per heavy atom. The van der Waals surface area contributed by atoms with Crippen LogP contribution in [0.25, 0.3) is 0 Å². The molecule has 0 amide bonds. The van der Waals surface area contributed by atoms with Crippen LogP contribution in [0.3, 0.4) is 0 Å². The number of aliphatic carboxylic acids is 1. The van der Waals surface area contributed by atoms with Gasteiger partial charge >= 0.3 is 5.97 Å². The topological polar surface area (TPSA) is 110 Å². The third-order valence-corrected chi connectivity index (χ3v) is 4.42. The van der Waals surface area contributed by atoms with Gasteiger partial charge in [0.25, 0.3) is 5.69 Å². The van der Waals surface area contributed by atoms with Crippen LogP contribution in [-0.4, -0.2) is 31.6 Å². The van der Waals surface area contributed by atoms with Crippen molar-refractivity contribution in [3.63, 3.8) is 0 Å². The van der Waals surface area contributed by atoms with Crippen molar-refractivity contribution in [3.05, 3.63) is 56.7 Å². The van der Waals surface area contributed by atoms with Gasteiger partial charge in [-0.25, -0.2) is 4.98 Å². The maximum absolute atomic E-state index is 11.2. The van der Waals surface area contributed by atoms with Gasteiger partial charge in [-0.3, -0.25) is 20.2 Å². The Balaban J connectivity index is 1.86. The van der Waals surface area contributed by atoms with E-state index in [0.29, 0.717) is 24.9 Å². The molecule has 2 heterocycles. The zero-order chi connectivity index (χ0) is 17.4. The number of aryl methyl sites for hydroxylation is 1. The van der Waals surface area contributed by atoms with Gasteiger partial charge in [0.15, 0.2) is 0 Å². The molecule has 1 aromatic heterocycles. The summed E-state index contributed by atoms with van der Waals surface area (Å²) < 4.78 is 1.93. The molecule has 0 bridgehead atoms. The van der Waals surface area contributed by atoms with E-state index in [1.54, 1.807) is 19.1 Å². The highest BCUT2D eigenvalue weighted by Gasteiger charge is 2.28. The van der Waals surface area contributed by atoms with E-state index in [-0.39, 0.29) is 5.69 Å². The number of nitrogens with zero attached hydrogens (tertiary/aromatic N) is 3. The van der Waals surface area contributed by atoms with Crippen LogP contribution in [-0.2, 0) is 31.2 Å². The number of carboxylic acid groups (broad SMARTS) is 1. The molecule has 0 saturated heterocycles. The van der Waals surface area contributed by atoms with Crippen LogP contribution in [0.5, 0.6) is 0 Å². The van der Waals surface area contributed by atoms with E-state index in [0.717, 1.165) is 22.8 Å². The van der Waals surface area contributed by atoms with Gasteiger partial charge < -0.3 is 9.67 Å². The van der Waals surface area contributed by atoms with Crippen molar-refractivity contribution in [2.45, 2.75) is 32.4 Å². The molecule has 8 nitrogen and oxygen atoms in total. The molecule has 0 saturated carbocycles. The highest BCUT2D eigenvalue weighted by molar-refractivity contribution is 5.74. The highest BCUT2D eigenvalue weighted by atomic mass is 16.6. The van der Waals surface area contributed by atoms with Crippen LogP contribution in [0.15, 0.2) is 18.2 Å². The van der Waals surface area contributed by atoms with Crippen molar-refractivity contribution < 1.29 is 14.8 Å². The fraction of sp³-hybridized carbons (Fsp3) is 0.375. The number of nitro groups is 1. The standard InChI is InChI=1S/C16H18N4O4/c1-9-5-10(3-4-13(9)20(23)24)6-15-18-12-8-17-11(16(21)22)7-14(12)19(15)2/h3-5,11,17H,6-8H2,1-2H3,(H,21,22). The molecule has 1 aliphatic heterocycles. The minimum absolute atomic E-state index is 0.103. The summed E-state index contributed by atoms with van der Waals surface area (Å²) in [5.41, 5.74) is 3.44. The second-order valence-electron chi connectivity index (χ2n) is 6.01. The number of rotatable bonds is 4. The lowest BCUT2D eigenvalue weighted by molar-refractivity contribution is -0.385. The van der Waals surface area contributed by atoms with Gasteiger partial charge in [0.2, 0.25) is 0 Å². The predicted octanol–water partition coefficient (Wildman–Crippen LogP) is 1.33. The lowest BCUT2D eigenvalue weighted by atomic mass is 10.1. The lowest BCUT2D eigenvalue weighted by Crippen LogP contribution is -2.42. The number of hydrogen-bond acceptors (Lipinski definition) is 5. The maximum Gasteiger partial charge on any atom is 0.321 e. The average molecular weight is 330 g/mol. The van der Waals surface area contributed by atoms with E-state index in [2.05, 4.69) is 10.3 Å². The van der Waals surface area contributed by atoms with Gasteiger partial charge in [0.1, 0.15) is 11.9 Å². The molecule has 1 aromatic carbocycles. The largest absolute Gasteiger partial charge is 0.480 e. The summed E-state index contributed by atoms with van der Waals surface area (Å²) in [6, 6.07) is 4.44. The maximum atomic E-state index is 11.2. The monoisotopic (exact) mass is 330 g/mol. The van der Waals surface area contributed by atoms with E-state index in [9.17, 15) is 14.9 Å². The summed E-state index contributed by atoms with van der Waals surface area (Å²) >= 11 is 0. The molecule has 24 heavy (non-hydrogen) atoms. The summed E-state index contributed by atoms with van der Waals surface area (Å²) in [7, 11) is 1.88. The number of nitrogens with one attached hydrogen (secondary N) is 1. The number of nitro benzene ring substituents is 1. The molecule has 126 valence electrons. The smallest absolute Gasteiger partial charge is 0.321 e. The van der Waals surface area contributed by atoms with E-state index in [1.165, 1.54) is 6.07 Å². The zero-order valence-corrected chi connectivity index (χ0v) is 13.4. The fourth-order valence-electron chi connectivity index (χ4n) is 3.07. The summed E-state index contributed by atoms with van der Waals surface area (Å²) in [6.45, 7) is 2.14. The molecule has 0 spiro atoms. The summed E-state index contributed by atoms with van der Waals surface area (Å²) in [5, 5.41) is 23.0. The normalized spacial score (nSPS) is 16.7. The number of hydrogen-bond donors (Lipinski definition) is 2. The third-order valence-electron chi connectivity index (χ3n) is 4.42. The number of benzene rings is 1. The van der Waals surface area contributed by atoms with Crippen LogP contribution in [0.1, 0.15) is 28.3 Å². The Morgan fingerprint density at radius 1 is 1.54 bits per heavy atom. The molecule has 0 radical (unpaired) electrons. The molecule has 2 aromatic rings. The molecule has 1 atom stereocenters. The SMILES string of the molecule is Cc1cc(Cc2nc3c(n2C)CC(C(=O)O)NC3)ccc1[N+](=O)[O-]. The minimum atomic E-state index is -0.866. The van der Waals surface area contributed by atoms with Crippen molar-refractivity contribution in [2.75, 3.05) is 0 Å². The first-order valence-electron chi connectivity index (χ1n) is 7.60. The lowest BCUT2D eigenvalue weighted by Gasteiger charge is -2.20. The Hall–Kier alpha value is -2.74. The zero-order valence-electron chi connectivity index (χ0n) is 13.4. The number of carbonyl (C=O) groups is 1. The molecular weight excluding hydrogens is 312 g/mol. The number of aromatic nitrogens is 2.